The van der Waals surface area contributed by atoms with Crippen molar-refractivity contribution in [2.24, 2.45) is 0 Å². The molecule has 14 heavy (non-hydrogen) atoms. The molecule has 0 unspecified atom stereocenters. The second-order valence-electron chi connectivity index (χ2n) is 0.750. The quantitative estimate of drug-likeness (QED) is 0.384. The van der Waals surface area contributed by atoms with Gasteiger partial charge in [0, 0.05) is 0 Å². The minimum absolute atomic E-state index is 0. The second kappa shape index (κ2) is 23.1. The minimum Gasteiger partial charge on any atom is -0.652 e. The van der Waals surface area contributed by atoms with Gasteiger partial charge in [-0.05, 0) is 18.5 Å². The summed E-state index contributed by atoms with van der Waals surface area (Å²) in [5.41, 5.74) is 0. The van der Waals surface area contributed by atoms with E-state index in [1.54, 1.807) is 0 Å². The van der Waals surface area contributed by atoms with Gasteiger partial charge in [0.25, 0.3) is 0 Å². The van der Waals surface area contributed by atoms with Crippen molar-refractivity contribution in [3.05, 3.63) is 0 Å². The summed E-state index contributed by atoms with van der Waals surface area (Å²) < 4.78 is 0. The van der Waals surface area contributed by atoms with Gasteiger partial charge in [0.05, 0.1) is 0 Å². The Labute approximate surface area is 132 Å². The van der Waals surface area contributed by atoms with E-state index in [1.165, 1.54) is 0 Å². The summed E-state index contributed by atoms with van der Waals surface area (Å²) in [5.74, 6) is 0. The van der Waals surface area contributed by atoms with E-state index in [2.05, 4.69) is 0 Å². The molecule has 0 saturated heterocycles. The van der Waals surface area contributed by atoms with Gasteiger partial charge in [-0.25, -0.2) is 0 Å². The molecule has 0 heterocycles. The molecule has 0 bridgehead atoms. The van der Waals surface area contributed by atoms with Gasteiger partial charge in [0.2, 0.25) is 0 Å². The summed E-state index contributed by atoms with van der Waals surface area (Å²) in [4.78, 5) is 25.0. The van der Waals surface area contributed by atoms with Gasteiger partial charge in [-0.2, -0.15) is 0 Å². The number of hydrogen-bond acceptors (Lipinski definition) is 9. The van der Waals surface area contributed by atoms with E-state index in [0.29, 0.717) is 0 Å². The maximum absolute atomic E-state index is 8.33. The second-order valence-corrected chi connectivity index (χ2v) is 0.750. The van der Waals surface area contributed by atoms with Crippen molar-refractivity contribution in [3.63, 3.8) is 0 Å². The standard InChI is InChI=1S/3CH2O3.K.V/c3*2-1(3)4;;/h3*(H2,2,3,4);;/q;;;+1;+5/p-6. The molecule has 0 aromatic heterocycles. The Hall–Kier alpha value is 0.0308. The van der Waals surface area contributed by atoms with Crippen LogP contribution in [0.3, 0.4) is 0 Å². The first-order valence-corrected chi connectivity index (χ1v) is 1.84. The summed E-state index contributed by atoms with van der Waals surface area (Å²) in [5, 5.41) is 50.0. The van der Waals surface area contributed by atoms with Crippen LogP contribution in [0.1, 0.15) is 0 Å². The molecule has 0 aliphatic heterocycles. The van der Waals surface area contributed by atoms with Crippen molar-refractivity contribution < 1.29 is 115 Å². The van der Waals surface area contributed by atoms with E-state index < -0.39 is 18.5 Å². The molecule has 11 heteroatoms. The Kier molecular flexibility index (Phi) is 48.3. The maximum Gasteiger partial charge on any atom is 5.00 e. The molecule has 0 radical (unpaired) electrons. The Morgan fingerprint density at radius 3 is 0.571 bits per heavy atom. The van der Waals surface area contributed by atoms with Crippen LogP contribution in [-0.2, 0) is 18.6 Å². The maximum atomic E-state index is 8.33. The van der Waals surface area contributed by atoms with Gasteiger partial charge in [-0.1, -0.05) is 0 Å². The van der Waals surface area contributed by atoms with E-state index >= 15 is 0 Å². The molecule has 0 N–H and O–H groups in total. The van der Waals surface area contributed by atoms with E-state index in [4.69, 9.17) is 45.0 Å². The minimum atomic E-state index is -2.33. The molecule has 0 rings (SSSR count). The molecule has 0 spiro atoms. The Morgan fingerprint density at radius 2 is 0.571 bits per heavy atom. The van der Waals surface area contributed by atoms with Crippen LogP contribution in [-0.4, -0.2) is 18.5 Å². The van der Waals surface area contributed by atoms with E-state index in [1.807, 2.05) is 0 Å². The van der Waals surface area contributed by atoms with Crippen molar-refractivity contribution in [1.29, 1.82) is 0 Å². The topological polar surface area (TPSA) is 190 Å². The van der Waals surface area contributed by atoms with Gasteiger partial charge in [0.1, 0.15) is 0 Å². The SMILES string of the molecule is O=C([O-])[O-].O=C([O-])[O-].O=C([O-])[O-].[K+].[V+5]. The third-order valence-electron chi connectivity index (χ3n) is 0. The van der Waals surface area contributed by atoms with Crippen LogP contribution in [0.5, 0.6) is 0 Å². The first-order chi connectivity index (χ1) is 5.20. The summed E-state index contributed by atoms with van der Waals surface area (Å²) in [6, 6.07) is 0. The average Bonchev–Trinajstić information content (AvgIpc) is 1.54. The predicted molar refractivity (Wildman–Crippen MR) is 16.2 cm³/mol. The van der Waals surface area contributed by atoms with Crippen LogP contribution < -0.4 is 82.0 Å². The molecule has 72 valence electrons. The summed E-state index contributed by atoms with van der Waals surface area (Å²) in [7, 11) is 0. The van der Waals surface area contributed by atoms with Crippen LogP contribution in [0.4, 0.5) is 14.4 Å². The molecule has 0 aromatic carbocycles. The van der Waals surface area contributed by atoms with E-state index in [-0.39, 0.29) is 69.9 Å². The average molecular weight is 270 g/mol. The Bertz CT molecular complexity index is 118. The number of carbonyl (C=O) groups is 3. The van der Waals surface area contributed by atoms with E-state index in [0.717, 1.165) is 0 Å². The fourth-order valence-corrected chi connectivity index (χ4v) is 0. The zero-order valence-corrected chi connectivity index (χ0v) is 11.1. The van der Waals surface area contributed by atoms with Crippen molar-refractivity contribution in [3.8, 4) is 0 Å². The summed E-state index contributed by atoms with van der Waals surface area (Å²) in [6.45, 7) is 0. The van der Waals surface area contributed by atoms with Crippen molar-refractivity contribution in [2.75, 3.05) is 0 Å². The van der Waals surface area contributed by atoms with Crippen LogP contribution in [0.25, 0.3) is 0 Å². The van der Waals surface area contributed by atoms with Crippen molar-refractivity contribution in [2.45, 2.75) is 0 Å². The molecule has 0 atom stereocenters. The van der Waals surface area contributed by atoms with Gasteiger partial charge in [-0.3, -0.25) is 0 Å². The van der Waals surface area contributed by atoms with E-state index in [9.17, 15) is 0 Å². The predicted octanol–water partition coefficient (Wildman–Crippen LogP) is -10.3. The normalized spacial score (nSPS) is 5.14. The molecular formula is C3KO9V. The van der Waals surface area contributed by atoms with Crippen LogP contribution in [0.15, 0.2) is 0 Å². The molecular weight excluding hydrogens is 270 g/mol. The molecule has 0 aliphatic carbocycles. The summed E-state index contributed by atoms with van der Waals surface area (Å²) >= 11 is 0. The molecule has 9 nitrogen and oxygen atoms in total. The smallest absolute Gasteiger partial charge is 0.652 e. The number of carboxylic acid groups (broad SMARTS) is 6. The fourth-order valence-electron chi connectivity index (χ4n) is 0. The zero-order chi connectivity index (χ0) is 10.7. The zero-order valence-electron chi connectivity index (χ0n) is 6.62. The van der Waals surface area contributed by atoms with Gasteiger partial charge >= 0.3 is 69.9 Å². The van der Waals surface area contributed by atoms with Gasteiger partial charge < -0.3 is 45.0 Å². The number of rotatable bonds is 0. The Morgan fingerprint density at radius 1 is 0.571 bits per heavy atom. The van der Waals surface area contributed by atoms with Crippen molar-refractivity contribution >= 4 is 18.5 Å². The Balaban J connectivity index is -0.0000000270. The number of hydrogen-bond donors (Lipinski definition) is 0. The monoisotopic (exact) mass is 270 g/mol. The van der Waals surface area contributed by atoms with Crippen molar-refractivity contribution in [1.82, 2.24) is 0 Å². The molecule has 0 saturated carbocycles. The first-order valence-electron chi connectivity index (χ1n) is 1.84. The summed E-state index contributed by atoms with van der Waals surface area (Å²) in [6.07, 6.45) is -7.00. The van der Waals surface area contributed by atoms with Crippen LogP contribution in [0, 0.1) is 0 Å². The first kappa shape index (κ1) is 29.2. The van der Waals surface area contributed by atoms with Crippen LogP contribution >= 0.6 is 0 Å². The largest absolute Gasteiger partial charge is 5.00 e. The molecule has 0 fully saturated rings. The third-order valence-corrected chi connectivity index (χ3v) is 0. The molecule has 0 aliphatic rings. The van der Waals surface area contributed by atoms with Crippen LogP contribution in [0.2, 0.25) is 0 Å². The molecule has 0 aromatic rings. The molecule has 0 amide bonds. The number of carbonyl (C=O) groups excluding carboxylic acids is 3. The van der Waals surface area contributed by atoms with Gasteiger partial charge in [0.15, 0.2) is 0 Å². The van der Waals surface area contributed by atoms with Gasteiger partial charge in [-0.15, -0.1) is 0 Å². The fraction of sp³-hybridized carbons (Fsp3) is 0. The third kappa shape index (κ3) is 1550000.